The van der Waals surface area contributed by atoms with Crippen molar-refractivity contribution in [2.45, 2.75) is 103 Å². The molecule has 4 aliphatic rings. The van der Waals surface area contributed by atoms with Gasteiger partial charge in [-0.05, 0) is 145 Å². The van der Waals surface area contributed by atoms with Crippen molar-refractivity contribution in [3.63, 3.8) is 0 Å². The number of hydrogen-bond acceptors (Lipinski definition) is 0. The Bertz CT molecular complexity index is 2620. The first kappa shape index (κ1) is 45.3. The number of rotatable bonds is 8. The van der Waals surface area contributed by atoms with E-state index in [0.717, 1.165) is 11.8 Å². The second kappa shape index (κ2) is 19.5. The average Bonchev–Trinajstić information content (AvgIpc) is 4.15. The number of fused-ring (bicyclic) bond motifs is 8. The zero-order valence-electron chi connectivity index (χ0n) is 36.7. The van der Waals surface area contributed by atoms with Crippen LogP contribution in [0.5, 0.6) is 0 Å². The molecule has 0 atom stereocenters. The molecule has 316 valence electrons. The second-order valence-corrected chi connectivity index (χ2v) is 28.0. The van der Waals surface area contributed by atoms with Gasteiger partial charge < -0.3 is 24.8 Å². The van der Waals surface area contributed by atoms with Crippen LogP contribution in [-0.2, 0) is 36.2 Å². The van der Waals surface area contributed by atoms with Gasteiger partial charge in [-0.1, -0.05) is 96.1 Å². The van der Waals surface area contributed by atoms with Crippen LogP contribution in [0.1, 0.15) is 88.7 Å². The molecule has 8 aromatic rings. The molecule has 0 unspecified atom stereocenters. The van der Waals surface area contributed by atoms with Crippen molar-refractivity contribution in [3.8, 4) is 22.3 Å². The van der Waals surface area contributed by atoms with E-state index in [1.54, 1.807) is 34.5 Å². The van der Waals surface area contributed by atoms with Gasteiger partial charge in [-0.25, -0.2) is 0 Å². The molecule has 0 N–H and O–H groups in total. The maximum atomic E-state index is 2.49. The van der Waals surface area contributed by atoms with E-state index in [2.05, 4.69) is 159 Å². The van der Waals surface area contributed by atoms with E-state index in [-0.39, 0.29) is 30.2 Å². The van der Waals surface area contributed by atoms with Crippen molar-refractivity contribution in [3.05, 3.63) is 157 Å². The van der Waals surface area contributed by atoms with Crippen molar-refractivity contribution in [2.75, 3.05) is 0 Å². The van der Waals surface area contributed by atoms with E-state index in [0.29, 0.717) is 10.8 Å². The van der Waals surface area contributed by atoms with E-state index in [4.69, 9.17) is 0 Å². The molecule has 62 heavy (non-hydrogen) atoms. The summed E-state index contributed by atoms with van der Waals surface area (Å²) in [5, 5.41) is 10.9. The zero-order valence-corrected chi connectivity index (χ0v) is 41.6. The van der Waals surface area contributed by atoms with Gasteiger partial charge in [0.2, 0.25) is 0 Å². The first-order valence-electron chi connectivity index (χ1n) is 23.2. The van der Waals surface area contributed by atoms with E-state index >= 15 is 0 Å². The normalized spacial score (nSPS) is 21.9. The van der Waals surface area contributed by atoms with Crippen molar-refractivity contribution < 1.29 is 48.1 Å². The van der Waals surface area contributed by atoms with Crippen LogP contribution in [-0.4, -0.2) is 5.43 Å². The number of hydrogen-bond donors (Lipinski definition) is 0. The summed E-state index contributed by atoms with van der Waals surface area (Å²) >= 11 is 1.79. The molecule has 4 aliphatic carbocycles. The maximum Gasteiger partial charge on any atom is -0.0178 e. The minimum atomic E-state index is 0. The fourth-order valence-electron chi connectivity index (χ4n) is 12.4. The molecule has 0 spiro atoms. The second-order valence-electron chi connectivity index (χ2n) is 19.6. The van der Waals surface area contributed by atoms with Crippen LogP contribution in [0.3, 0.4) is 0 Å². The van der Waals surface area contributed by atoms with Gasteiger partial charge in [0.25, 0.3) is 0 Å². The Morgan fingerprint density at radius 3 is 1.31 bits per heavy atom. The molecule has 4 fully saturated rings. The van der Waals surface area contributed by atoms with Crippen LogP contribution in [0.25, 0.3) is 65.3 Å². The van der Waals surface area contributed by atoms with Gasteiger partial charge in [0.1, 0.15) is 0 Å². The fourth-order valence-corrected chi connectivity index (χ4v) is 15.0. The Hall–Kier alpha value is -3.26. The summed E-state index contributed by atoms with van der Waals surface area (Å²) in [6.45, 7) is 4.66. The van der Waals surface area contributed by atoms with Crippen LogP contribution in [0.2, 0.25) is 12.6 Å². The summed E-state index contributed by atoms with van der Waals surface area (Å²) < 4.78 is 0. The van der Waals surface area contributed by atoms with Crippen molar-refractivity contribution in [2.24, 2.45) is 22.7 Å². The summed E-state index contributed by atoms with van der Waals surface area (Å²) in [6.07, 6.45) is 18.6. The molecule has 0 aromatic heterocycles. The molecule has 12 rings (SSSR count). The van der Waals surface area contributed by atoms with Gasteiger partial charge in [-0.3, -0.25) is 0 Å². The summed E-state index contributed by atoms with van der Waals surface area (Å²) in [5.41, 5.74) is 9.97. The molecule has 4 saturated carbocycles. The van der Waals surface area contributed by atoms with Gasteiger partial charge in [0.05, 0.1) is 0 Å². The van der Waals surface area contributed by atoms with Crippen LogP contribution >= 0.6 is 0 Å². The van der Waals surface area contributed by atoms with Crippen LogP contribution < -0.4 is 24.8 Å². The van der Waals surface area contributed by atoms with Crippen molar-refractivity contribution in [1.29, 1.82) is 0 Å². The van der Waals surface area contributed by atoms with Gasteiger partial charge in [-0.15, -0.1) is 69.1 Å². The largest absolute Gasteiger partial charge is 1.00 e. The molecule has 0 heterocycles. The van der Waals surface area contributed by atoms with Gasteiger partial charge >= 0.3 is 54.7 Å². The number of benzene rings is 6. The monoisotopic (exact) mass is 944 g/mol. The van der Waals surface area contributed by atoms with Gasteiger partial charge in [0, 0.05) is 0 Å². The topological polar surface area (TPSA) is 0 Å². The summed E-state index contributed by atoms with van der Waals surface area (Å²) in [5.74, 6) is 2.06. The maximum absolute atomic E-state index is 2.49. The fraction of sp³-hybridized carbons (Fsp3) is 0.345. The van der Waals surface area contributed by atoms with Gasteiger partial charge in [-0.2, -0.15) is 12.1 Å². The molecule has 4 bridgehead atoms. The molecular weight excluding hydrogens is 887 g/mol. The standard InChI is InChI=1S/2C27H25.C4H10Si.2ClH.Zr/c2*1-2-5-22-16-24(9-8-21(22)4-1)25-7-3-6-23-14-20(15-26(23)25)18-27-12-10-19(17-27)11-13-27;1-3-4-5-2;;;/h2*1-9,14-16,19H,10-13,17-18H2;3-4H2,1-2H3;2*1H;/q2*-1;;;;+2/p-2. The predicted molar refractivity (Wildman–Crippen MR) is 257 cm³/mol. The van der Waals surface area contributed by atoms with Gasteiger partial charge in [0.15, 0.2) is 0 Å². The summed E-state index contributed by atoms with van der Waals surface area (Å²) in [4.78, 5) is 0. The SMILES string of the molecule is CCC[Si](C)=[Zr+2].[Cl-].[Cl-].c1ccc2cc(-c3cccc4[cH-]c(CC56CCC(CC5)C6)cc34)ccc2c1.c1ccc2cc(-c3cccc4[cH-]c(CC56CCC(CC5)C6)cc34)ccc2c1. The van der Waals surface area contributed by atoms with Crippen LogP contribution in [0.15, 0.2) is 146 Å². The molecule has 8 aromatic carbocycles. The van der Waals surface area contributed by atoms with E-state index in [1.165, 1.54) is 155 Å². The first-order chi connectivity index (χ1) is 29.3. The number of halogens is 2. The quantitative estimate of drug-likeness (QED) is 0.105. The third-order valence-electron chi connectivity index (χ3n) is 15.3. The molecule has 0 aliphatic heterocycles. The van der Waals surface area contributed by atoms with E-state index in [9.17, 15) is 0 Å². The van der Waals surface area contributed by atoms with Crippen molar-refractivity contribution >= 4 is 48.5 Å². The third kappa shape index (κ3) is 9.57. The summed E-state index contributed by atoms with van der Waals surface area (Å²) in [7, 11) is 0. The Labute approximate surface area is 398 Å². The molecule has 0 nitrogen and oxygen atoms in total. The average molecular weight is 947 g/mol. The van der Waals surface area contributed by atoms with Crippen LogP contribution in [0, 0.1) is 22.7 Å². The predicted octanol–water partition coefficient (Wildman–Crippen LogP) is 10.6. The summed E-state index contributed by atoms with van der Waals surface area (Å²) in [6, 6.07) is 56.0. The molecule has 0 amide bonds. The Morgan fingerprint density at radius 1 is 0.532 bits per heavy atom. The molecule has 4 heteroatoms. The Balaban J connectivity index is 0.000000147. The first-order valence-corrected chi connectivity index (χ1v) is 29.1. The molecule has 0 saturated heterocycles. The minimum absolute atomic E-state index is 0. The van der Waals surface area contributed by atoms with Crippen LogP contribution in [0.4, 0.5) is 0 Å². The Kier molecular flexibility index (Phi) is 14.2. The molecular formula is C58H60Cl2SiZr-2. The smallest absolute Gasteiger partial charge is 0.0178 e. The van der Waals surface area contributed by atoms with E-state index in [1.807, 2.05) is 0 Å². The third-order valence-corrected chi connectivity index (χ3v) is 18.4. The van der Waals surface area contributed by atoms with E-state index < -0.39 is 0 Å². The minimum Gasteiger partial charge on any atom is -1.00 e. The Morgan fingerprint density at radius 2 is 0.952 bits per heavy atom. The molecule has 0 radical (unpaired) electrons. The van der Waals surface area contributed by atoms with Crippen molar-refractivity contribution in [1.82, 2.24) is 0 Å². The zero-order chi connectivity index (χ0) is 40.7.